The molecule has 32 heavy (non-hydrogen) atoms. The van der Waals surface area contributed by atoms with Crippen molar-refractivity contribution in [2.75, 3.05) is 19.0 Å². The van der Waals surface area contributed by atoms with Gasteiger partial charge in [0.2, 0.25) is 0 Å². The Hall–Kier alpha value is -2.77. The van der Waals surface area contributed by atoms with Gasteiger partial charge < -0.3 is 14.5 Å². The summed E-state index contributed by atoms with van der Waals surface area (Å²) in [6.07, 6.45) is 4.42. The van der Waals surface area contributed by atoms with Crippen LogP contribution in [-0.2, 0) is 11.3 Å². The van der Waals surface area contributed by atoms with E-state index in [1.54, 1.807) is 11.8 Å². The molecular weight excluding hydrogens is 420 g/mol. The minimum absolute atomic E-state index is 0.208. The van der Waals surface area contributed by atoms with E-state index in [2.05, 4.69) is 70.0 Å². The molecule has 2 aromatic carbocycles. The Kier molecular flexibility index (Phi) is 6.19. The van der Waals surface area contributed by atoms with Crippen LogP contribution in [0.4, 0.5) is 0 Å². The molecule has 3 heterocycles. The van der Waals surface area contributed by atoms with Crippen molar-refractivity contribution in [3.63, 3.8) is 0 Å². The first kappa shape index (κ1) is 21.1. The molecule has 0 radical (unpaired) electrons. The van der Waals surface area contributed by atoms with Crippen molar-refractivity contribution in [1.82, 2.24) is 19.7 Å². The van der Waals surface area contributed by atoms with Gasteiger partial charge in [-0.2, -0.15) is 0 Å². The Morgan fingerprint density at radius 1 is 1.12 bits per heavy atom. The van der Waals surface area contributed by atoms with E-state index in [0.29, 0.717) is 6.61 Å². The maximum atomic E-state index is 6.09. The van der Waals surface area contributed by atoms with E-state index in [4.69, 9.17) is 9.47 Å². The number of para-hydroxylation sites is 2. The minimum atomic E-state index is 0.208. The smallest absolute Gasteiger partial charge is 0.191 e. The molecule has 7 heteroatoms. The van der Waals surface area contributed by atoms with E-state index < -0.39 is 0 Å². The van der Waals surface area contributed by atoms with Crippen LogP contribution in [-0.4, -0.2) is 44.8 Å². The maximum absolute atomic E-state index is 6.09. The number of nitrogens with zero attached hydrogens (tertiary/aromatic N) is 3. The van der Waals surface area contributed by atoms with Gasteiger partial charge in [-0.1, -0.05) is 48.2 Å². The number of ether oxygens (including phenoxy) is 2. The minimum Gasteiger partial charge on any atom is -0.492 e. The number of fused-ring (bicyclic) bond motifs is 1. The first-order valence-electron chi connectivity index (χ1n) is 11.1. The van der Waals surface area contributed by atoms with E-state index in [-0.39, 0.29) is 6.10 Å². The molecule has 6 nitrogen and oxygen atoms in total. The van der Waals surface area contributed by atoms with Gasteiger partial charge in [-0.15, -0.1) is 10.2 Å². The zero-order valence-electron chi connectivity index (χ0n) is 18.5. The summed E-state index contributed by atoms with van der Waals surface area (Å²) in [6.45, 7) is 6.39. The number of aryl methyl sites for hydroxylation is 2. The molecule has 0 amide bonds. The van der Waals surface area contributed by atoms with Gasteiger partial charge in [0.1, 0.15) is 5.75 Å². The third-order valence-corrected chi connectivity index (χ3v) is 6.86. The average molecular weight is 449 g/mol. The molecule has 0 bridgehead atoms. The van der Waals surface area contributed by atoms with E-state index in [0.717, 1.165) is 76.1 Å². The second kappa shape index (κ2) is 9.38. The third-order valence-electron chi connectivity index (χ3n) is 5.93. The van der Waals surface area contributed by atoms with Crippen LogP contribution in [0.3, 0.4) is 0 Å². The van der Waals surface area contributed by atoms with E-state index in [9.17, 15) is 0 Å². The van der Waals surface area contributed by atoms with Crippen molar-refractivity contribution in [2.45, 2.75) is 44.5 Å². The number of nitrogens with one attached hydrogen (secondary N) is 1. The SMILES string of the molecule is Cc1cccc(C)c1OCCSc1nnc(-c2c[nH]c3ccccc23)n1CC1CCCO1. The van der Waals surface area contributed by atoms with Crippen molar-refractivity contribution in [3.8, 4) is 17.1 Å². The van der Waals surface area contributed by atoms with Gasteiger partial charge in [-0.05, 0) is 43.9 Å². The summed E-state index contributed by atoms with van der Waals surface area (Å²) in [5.41, 5.74) is 4.51. The van der Waals surface area contributed by atoms with E-state index >= 15 is 0 Å². The molecule has 1 saturated heterocycles. The number of H-pyrrole nitrogens is 1. The van der Waals surface area contributed by atoms with E-state index in [1.165, 1.54) is 0 Å². The molecule has 2 aromatic heterocycles. The number of aromatic nitrogens is 4. The summed E-state index contributed by atoms with van der Waals surface area (Å²) < 4.78 is 14.2. The van der Waals surface area contributed by atoms with Gasteiger partial charge in [0.25, 0.3) is 0 Å². The maximum Gasteiger partial charge on any atom is 0.191 e. The molecule has 5 rings (SSSR count). The van der Waals surface area contributed by atoms with Gasteiger partial charge in [0, 0.05) is 35.0 Å². The van der Waals surface area contributed by atoms with Gasteiger partial charge >= 0.3 is 0 Å². The molecular formula is C25H28N4O2S. The predicted molar refractivity (Wildman–Crippen MR) is 128 cm³/mol. The lowest BCUT2D eigenvalue weighted by Gasteiger charge is -2.15. The lowest BCUT2D eigenvalue weighted by molar-refractivity contribution is 0.0953. The van der Waals surface area contributed by atoms with Crippen LogP contribution in [0.15, 0.2) is 53.8 Å². The van der Waals surface area contributed by atoms with Gasteiger partial charge in [0.15, 0.2) is 11.0 Å². The van der Waals surface area contributed by atoms with Crippen molar-refractivity contribution in [1.29, 1.82) is 0 Å². The molecule has 4 aromatic rings. The molecule has 0 aliphatic carbocycles. The topological polar surface area (TPSA) is 65.0 Å². The van der Waals surface area contributed by atoms with Crippen LogP contribution in [0.5, 0.6) is 5.75 Å². The van der Waals surface area contributed by atoms with Crippen LogP contribution in [0, 0.1) is 13.8 Å². The summed E-state index contributed by atoms with van der Waals surface area (Å²) in [6, 6.07) is 14.5. The van der Waals surface area contributed by atoms with Gasteiger partial charge in [-0.25, -0.2) is 0 Å². The van der Waals surface area contributed by atoms with Crippen LogP contribution in [0.25, 0.3) is 22.3 Å². The fourth-order valence-electron chi connectivity index (χ4n) is 4.31. The fourth-order valence-corrected chi connectivity index (χ4v) is 5.08. The number of benzene rings is 2. The highest BCUT2D eigenvalue weighted by molar-refractivity contribution is 7.99. The number of hydrogen-bond acceptors (Lipinski definition) is 5. The van der Waals surface area contributed by atoms with Crippen LogP contribution in [0.2, 0.25) is 0 Å². The highest BCUT2D eigenvalue weighted by Gasteiger charge is 2.23. The van der Waals surface area contributed by atoms with Crippen molar-refractivity contribution in [2.24, 2.45) is 0 Å². The Morgan fingerprint density at radius 2 is 1.97 bits per heavy atom. The highest BCUT2D eigenvalue weighted by atomic mass is 32.2. The molecule has 1 aliphatic rings. The fraction of sp³-hybridized carbons (Fsp3) is 0.360. The number of hydrogen-bond donors (Lipinski definition) is 1. The quantitative estimate of drug-likeness (QED) is 0.289. The van der Waals surface area contributed by atoms with E-state index in [1.807, 2.05) is 12.3 Å². The number of thioether (sulfide) groups is 1. The summed E-state index contributed by atoms with van der Waals surface area (Å²) in [7, 11) is 0. The lowest BCUT2D eigenvalue weighted by Crippen LogP contribution is -2.17. The highest BCUT2D eigenvalue weighted by Crippen LogP contribution is 2.31. The summed E-state index contributed by atoms with van der Waals surface area (Å²) in [5, 5.41) is 11.2. The average Bonchev–Trinajstić information content (AvgIpc) is 3.54. The first-order valence-corrected chi connectivity index (χ1v) is 12.1. The van der Waals surface area contributed by atoms with Crippen molar-refractivity contribution >= 4 is 22.7 Å². The zero-order chi connectivity index (χ0) is 21.9. The lowest BCUT2D eigenvalue weighted by atomic mass is 10.1. The number of aromatic amines is 1. The standard InChI is InChI=1S/C25H28N4O2S/c1-17-7-5-8-18(2)23(17)31-13-14-32-25-28-27-24(29(25)16-19-9-6-12-30-19)21-15-26-22-11-4-3-10-20(21)22/h3-5,7-8,10-11,15,19,26H,6,9,12-14,16H2,1-2H3. The largest absolute Gasteiger partial charge is 0.492 e. The first-order chi connectivity index (χ1) is 15.7. The molecule has 1 fully saturated rings. The molecule has 1 aliphatic heterocycles. The molecule has 1 atom stereocenters. The molecule has 1 unspecified atom stereocenters. The summed E-state index contributed by atoms with van der Waals surface area (Å²) >= 11 is 1.68. The van der Waals surface area contributed by atoms with Gasteiger partial charge in [0.05, 0.1) is 19.3 Å². The molecule has 166 valence electrons. The number of rotatable bonds is 8. The molecule has 1 N–H and O–H groups in total. The zero-order valence-corrected chi connectivity index (χ0v) is 19.3. The second-order valence-electron chi connectivity index (χ2n) is 8.22. The van der Waals surface area contributed by atoms with Crippen LogP contribution >= 0.6 is 11.8 Å². The van der Waals surface area contributed by atoms with Crippen molar-refractivity contribution in [3.05, 3.63) is 59.8 Å². The van der Waals surface area contributed by atoms with Crippen LogP contribution in [0.1, 0.15) is 24.0 Å². The Bertz CT molecular complexity index is 1190. The monoisotopic (exact) mass is 448 g/mol. The van der Waals surface area contributed by atoms with Crippen molar-refractivity contribution < 1.29 is 9.47 Å². The normalized spacial score (nSPS) is 16.1. The summed E-state index contributed by atoms with van der Waals surface area (Å²) in [4.78, 5) is 3.36. The second-order valence-corrected chi connectivity index (χ2v) is 9.28. The Labute approximate surface area is 192 Å². The Morgan fingerprint density at radius 3 is 2.78 bits per heavy atom. The third kappa shape index (κ3) is 4.27. The predicted octanol–water partition coefficient (Wildman–Crippen LogP) is 5.39. The van der Waals surface area contributed by atoms with Crippen LogP contribution < -0.4 is 4.74 Å². The summed E-state index contributed by atoms with van der Waals surface area (Å²) in [5.74, 6) is 2.66. The Balaban J connectivity index is 1.36. The molecule has 0 spiro atoms. The molecule has 0 saturated carbocycles. The van der Waals surface area contributed by atoms with Gasteiger partial charge in [-0.3, -0.25) is 4.57 Å².